The second-order valence-corrected chi connectivity index (χ2v) is 4.80. The molecule has 2 unspecified atom stereocenters. The fraction of sp³-hybridized carbons (Fsp3) is 1.00. The first-order valence-corrected chi connectivity index (χ1v) is 6.71. The molecule has 0 aromatic carbocycles. The highest BCUT2D eigenvalue weighted by Gasteiger charge is 2.22. The molecule has 0 bridgehead atoms. The fourth-order valence-electron chi connectivity index (χ4n) is 2.82. The van der Waals surface area contributed by atoms with E-state index in [1.807, 2.05) is 0 Å². The molecule has 0 aliphatic rings. The van der Waals surface area contributed by atoms with Crippen LogP contribution in [0, 0.1) is 17.8 Å². The third kappa shape index (κ3) is 4.48. The molecule has 0 radical (unpaired) electrons. The van der Waals surface area contributed by atoms with E-state index in [2.05, 4.69) is 34.6 Å². The van der Waals surface area contributed by atoms with E-state index in [-0.39, 0.29) is 0 Å². The summed E-state index contributed by atoms with van der Waals surface area (Å²) >= 11 is 0. The smallest absolute Gasteiger partial charge is 0.0363 e. The minimum absolute atomic E-state index is 0.920. The lowest BCUT2D eigenvalue weighted by Gasteiger charge is -2.30. The average Bonchev–Trinajstić information content (AvgIpc) is 2.19. The first kappa shape index (κ1) is 14.0. The maximum atomic E-state index is 2.44. The summed E-state index contributed by atoms with van der Waals surface area (Å²) in [6.07, 6.45) is 8.32. The topological polar surface area (TPSA) is 0 Å². The zero-order valence-corrected chi connectivity index (χ0v) is 11.0. The summed E-state index contributed by atoms with van der Waals surface area (Å²) in [5.41, 5.74) is 0. The quantitative estimate of drug-likeness (QED) is 0.498. The van der Waals surface area contributed by atoms with Gasteiger partial charge >= 0.3 is 0 Å². The molecule has 14 heavy (non-hydrogen) atoms. The van der Waals surface area contributed by atoms with Crippen molar-refractivity contribution < 1.29 is 0 Å². The molecule has 0 spiro atoms. The van der Waals surface area contributed by atoms with E-state index in [0.29, 0.717) is 0 Å². The van der Waals surface area contributed by atoms with Gasteiger partial charge < -0.3 is 0 Å². The van der Waals surface area contributed by atoms with Crippen LogP contribution >= 0.6 is 0 Å². The Labute approximate surface area is 91.5 Å². The predicted octanol–water partition coefficient (Wildman–Crippen LogP) is 5.28. The molecule has 0 saturated heterocycles. The van der Waals surface area contributed by atoms with Crippen molar-refractivity contribution in [2.45, 2.75) is 73.1 Å². The number of hydrogen-bond donors (Lipinski definition) is 0. The molecule has 0 aliphatic carbocycles. The number of rotatable bonds is 8. The largest absolute Gasteiger partial charge is 0.0654 e. The van der Waals surface area contributed by atoms with E-state index in [0.717, 1.165) is 17.8 Å². The van der Waals surface area contributed by atoms with Gasteiger partial charge in [-0.25, -0.2) is 0 Å². The molecule has 0 heterocycles. The van der Waals surface area contributed by atoms with Crippen molar-refractivity contribution >= 4 is 0 Å². The summed E-state index contributed by atoms with van der Waals surface area (Å²) in [5, 5.41) is 0. The molecular weight excluding hydrogens is 168 g/mol. The standard InChI is InChI=1S/C14H30/c1-6-10-13(11-7-2)14(9-4)12(5)8-3/h12-14H,6-11H2,1-5H3. The fourth-order valence-corrected chi connectivity index (χ4v) is 2.82. The van der Waals surface area contributed by atoms with E-state index < -0.39 is 0 Å². The van der Waals surface area contributed by atoms with E-state index in [9.17, 15) is 0 Å². The van der Waals surface area contributed by atoms with Gasteiger partial charge in [0.25, 0.3) is 0 Å². The highest BCUT2D eigenvalue weighted by Crippen LogP contribution is 2.32. The van der Waals surface area contributed by atoms with Crippen LogP contribution in [0.4, 0.5) is 0 Å². The Kier molecular flexibility index (Phi) is 8.32. The minimum atomic E-state index is 0.920. The van der Waals surface area contributed by atoms with Gasteiger partial charge in [0.1, 0.15) is 0 Å². The van der Waals surface area contributed by atoms with Gasteiger partial charge in [0.15, 0.2) is 0 Å². The van der Waals surface area contributed by atoms with E-state index in [1.54, 1.807) is 0 Å². The molecule has 0 saturated carbocycles. The summed E-state index contributed by atoms with van der Waals surface area (Å²) < 4.78 is 0. The zero-order chi connectivity index (χ0) is 11.0. The van der Waals surface area contributed by atoms with Crippen molar-refractivity contribution in [3.63, 3.8) is 0 Å². The first-order chi connectivity index (χ1) is 6.71. The van der Waals surface area contributed by atoms with Crippen LogP contribution in [0.5, 0.6) is 0 Å². The van der Waals surface area contributed by atoms with Gasteiger partial charge in [0.2, 0.25) is 0 Å². The Morgan fingerprint density at radius 1 is 0.786 bits per heavy atom. The Hall–Kier alpha value is 0. The Bertz CT molecular complexity index is 111. The molecule has 0 nitrogen and oxygen atoms in total. The highest BCUT2D eigenvalue weighted by molar-refractivity contribution is 4.73. The lowest BCUT2D eigenvalue weighted by Crippen LogP contribution is -2.21. The van der Waals surface area contributed by atoms with E-state index in [4.69, 9.17) is 0 Å². The van der Waals surface area contributed by atoms with Crippen LogP contribution in [0.15, 0.2) is 0 Å². The van der Waals surface area contributed by atoms with Crippen molar-refractivity contribution in [1.29, 1.82) is 0 Å². The Morgan fingerprint density at radius 3 is 1.57 bits per heavy atom. The molecule has 86 valence electrons. The van der Waals surface area contributed by atoms with E-state index >= 15 is 0 Å². The average molecular weight is 198 g/mol. The van der Waals surface area contributed by atoms with Crippen LogP contribution in [0.2, 0.25) is 0 Å². The van der Waals surface area contributed by atoms with Crippen LogP contribution in [-0.2, 0) is 0 Å². The summed E-state index contributed by atoms with van der Waals surface area (Å²) in [6.45, 7) is 11.8. The summed E-state index contributed by atoms with van der Waals surface area (Å²) in [5.74, 6) is 2.88. The van der Waals surface area contributed by atoms with Gasteiger partial charge in [-0.1, -0.05) is 73.1 Å². The van der Waals surface area contributed by atoms with Crippen LogP contribution in [0.3, 0.4) is 0 Å². The lowest BCUT2D eigenvalue weighted by molar-refractivity contribution is 0.201. The van der Waals surface area contributed by atoms with Crippen molar-refractivity contribution in [1.82, 2.24) is 0 Å². The van der Waals surface area contributed by atoms with Gasteiger partial charge in [0.05, 0.1) is 0 Å². The molecule has 2 atom stereocenters. The van der Waals surface area contributed by atoms with Gasteiger partial charge in [-0.2, -0.15) is 0 Å². The highest BCUT2D eigenvalue weighted by atomic mass is 14.3. The van der Waals surface area contributed by atoms with Crippen LogP contribution in [0.25, 0.3) is 0 Å². The van der Waals surface area contributed by atoms with Gasteiger partial charge in [-0.05, 0) is 17.8 Å². The molecule has 0 fully saturated rings. The van der Waals surface area contributed by atoms with Crippen molar-refractivity contribution in [2.24, 2.45) is 17.8 Å². The Morgan fingerprint density at radius 2 is 1.29 bits per heavy atom. The number of hydrogen-bond acceptors (Lipinski definition) is 0. The van der Waals surface area contributed by atoms with Crippen molar-refractivity contribution in [3.8, 4) is 0 Å². The van der Waals surface area contributed by atoms with Crippen LogP contribution in [0.1, 0.15) is 73.1 Å². The molecule has 0 rings (SSSR count). The molecule has 0 aromatic rings. The zero-order valence-electron chi connectivity index (χ0n) is 11.0. The lowest BCUT2D eigenvalue weighted by atomic mass is 9.75. The van der Waals surface area contributed by atoms with Crippen molar-refractivity contribution in [2.75, 3.05) is 0 Å². The summed E-state index contributed by atoms with van der Waals surface area (Å²) in [4.78, 5) is 0. The predicted molar refractivity (Wildman–Crippen MR) is 66.5 cm³/mol. The van der Waals surface area contributed by atoms with Gasteiger partial charge in [-0.15, -0.1) is 0 Å². The monoisotopic (exact) mass is 198 g/mol. The maximum absolute atomic E-state index is 2.44. The molecule has 0 heteroatoms. The summed E-state index contributed by atoms with van der Waals surface area (Å²) in [6, 6.07) is 0. The Balaban J connectivity index is 4.24. The minimum Gasteiger partial charge on any atom is -0.0654 e. The molecule has 0 aliphatic heterocycles. The van der Waals surface area contributed by atoms with Crippen molar-refractivity contribution in [3.05, 3.63) is 0 Å². The first-order valence-electron chi connectivity index (χ1n) is 6.71. The van der Waals surface area contributed by atoms with Crippen LogP contribution in [-0.4, -0.2) is 0 Å². The molecule has 0 amide bonds. The second kappa shape index (κ2) is 8.32. The molecule has 0 aromatic heterocycles. The molecular formula is C14H30. The van der Waals surface area contributed by atoms with E-state index in [1.165, 1.54) is 38.5 Å². The van der Waals surface area contributed by atoms with Gasteiger partial charge in [0, 0.05) is 0 Å². The summed E-state index contributed by atoms with van der Waals surface area (Å²) in [7, 11) is 0. The van der Waals surface area contributed by atoms with Crippen LogP contribution < -0.4 is 0 Å². The third-order valence-corrected chi connectivity index (χ3v) is 3.77. The third-order valence-electron chi connectivity index (χ3n) is 3.77. The second-order valence-electron chi connectivity index (χ2n) is 4.80. The maximum Gasteiger partial charge on any atom is -0.0363 e. The van der Waals surface area contributed by atoms with Gasteiger partial charge in [-0.3, -0.25) is 0 Å². The SMILES string of the molecule is CCCC(CCC)C(CC)C(C)CC. The molecule has 0 N–H and O–H groups in total. The normalized spacial score (nSPS) is 15.9.